The van der Waals surface area contributed by atoms with Crippen molar-refractivity contribution in [2.45, 2.75) is 30.0 Å². The normalized spacial score (nSPS) is 23.2. The molecule has 0 radical (unpaired) electrons. The van der Waals surface area contributed by atoms with Gasteiger partial charge in [0.05, 0.1) is 10.4 Å². The Labute approximate surface area is 104 Å². The minimum absolute atomic E-state index is 0.360. The number of carboxylic acid groups (broad SMARTS) is 1. The zero-order valence-corrected chi connectivity index (χ0v) is 10.8. The van der Waals surface area contributed by atoms with Gasteiger partial charge >= 0.3 is 5.97 Å². The summed E-state index contributed by atoms with van der Waals surface area (Å²) < 4.78 is 0. The first-order chi connectivity index (χ1) is 7.45. The number of hydrogen-bond acceptors (Lipinski definition) is 2. The van der Waals surface area contributed by atoms with Gasteiger partial charge in [0.15, 0.2) is 0 Å². The highest BCUT2D eigenvalue weighted by Gasteiger charge is 2.34. The van der Waals surface area contributed by atoms with Gasteiger partial charge in [-0.25, -0.2) is 4.79 Å². The third kappa shape index (κ3) is 1.82. The number of thioether (sulfide) groups is 1. The SMILES string of the molecule is CCc1cc2c(cc1C(=O)O)SCC2(C)Cl. The Morgan fingerprint density at radius 3 is 2.88 bits per heavy atom. The molecule has 0 spiro atoms. The molecule has 0 aromatic heterocycles. The Morgan fingerprint density at radius 2 is 2.31 bits per heavy atom. The van der Waals surface area contributed by atoms with Crippen molar-refractivity contribution >= 4 is 29.3 Å². The van der Waals surface area contributed by atoms with E-state index in [1.54, 1.807) is 17.8 Å². The van der Waals surface area contributed by atoms with Gasteiger partial charge < -0.3 is 5.11 Å². The average Bonchev–Trinajstić information content (AvgIpc) is 2.53. The molecule has 0 saturated heterocycles. The van der Waals surface area contributed by atoms with Crippen molar-refractivity contribution in [2.24, 2.45) is 0 Å². The minimum Gasteiger partial charge on any atom is -0.478 e. The number of aromatic carboxylic acids is 1. The Bertz CT molecular complexity index is 455. The van der Waals surface area contributed by atoms with Gasteiger partial charge in [-0.15, -0.1) is 23.4 Å². The molecule has 16 heavy (non-hydrogen) atoms. The number of rotatable bonds is 2. The fourth-order valence-corrected chi connectivity index (χ4v) is 3.53. The number of alkyl halides is 1. The van der Waals surface area contributed by atoms with Crippen LogP contribution in [-0.4, -0.2) is 16.8 Å². The summed E-state index contributed by atoms with van der Waals surface area (Å²) in [7, 11) is 0. The van der Waals surface area contributed by atoms with Crippen LogP contribution in [-0.2, 0) is 11.3 Å². The lowest BCUT2D eigenvalue weighted by Crippen LogP contribution is -2.13. The minimum atomic E-state index is -0.858. The van der Waals surface area contributed by atoms with E-state index >= 15 is 0 Å². The van der Waals surface area contributed by atoms with Crippen molar-refractivity contribution in [3.63, 3.8) is 0 Å². The van der Waals surface area contributed by atoms with Crippen LogP contribution in [0.5, 0.6) is 0 Å². The molecule has 1 aromatic rings. The van der Waals surface area contributed by atoms with Crippen molar-refractivity contribution in [1.29, 1.82) is 0 Å². The van der Waals surface area contributed by atoms with E-state index < -0.39 is 5.97 Å². The van der Waals surface area contributed by atoms with Crippen molar-refractivity contribution in [3.05, 3.63) is 28.8 Å². The van der Waals surface area contributed by atoms with Gasteiger partial charge in [0.25, 0.3) is 0 Å². The Morgan fingerprint density at radius 1 is 1.62 bits per heavy atom. The number of carbonyl (C=O) groups is 1. The number of fused-ring (bicyclic) bond motifs is 1. The van der Waals surface area contributed by atoms with Crippen LogP contribution in [0.2, 0.25) is 0 Å². The molecule has 86 valence electrons. The predicted molar refractivity (Wildman–Crippen MR) is 66.7 cm³/mol. The van der Waals surface area contributed by atoms with E-state index in [4.69, 9.17) is 16.7 Å². The van der Waals surface area contributed by atoms with Gasteiger partial charge in [0.1, 0.15) is 0 Å². The van der Waals surface area contributed by atoms with Gasteiger partial charge in [-0.3, -0.25) is 0 Å². The number of halogens is 1. The second kappa shape index (κ2) is 3.97. The second-order valence-corrected chi connectivity index (χ2v) is 6.00. The topological polar surface area (TPSA) is 37.3 Å². The van der Waals surface area contributed by atoms with Crippen LogP contribution < -0.4 is 0 Å². The number of carboxylic acids is 1. The first kappa shape index (κ1) is 11.8. The summed E-state index contributed by atoms with van der Waals surface area (Å²) in [5, 5.41) is 9.12. The predicted octanol–water partition coefficient (Wildman–Crippen LogP) is 3.51. The van der Waals surface area contributed by atoms with E-state index in [2.05, 4.69) is 0 Å². The summed E-state index contributed by atoms with van der Waals surface area (Å²) in [5.74, 6) is -0.0562. The fraction of sp³-hybridized carbons (Fsp3) is 0.417. The van der Waals surface area contributed by atoms with Crippen LogP contribution in [0.1, 0.15) is 35.3 Å². The molecular formula is C12H13ClO2S. The second-order valence-electron chi connectivity index (χ2n) is 4.15. The third-order valence-corrected chi connectivity index (χ3v) is 4.74. The summed E-state index contributed by atoms with van der Waals surface area (Å²) in [6.45, 7) is 3.94. The van der Waals surface area contributed by atoms with Crippen molar-refractivity contribution < 1.29 is 9.90 Å². The molecule has 1 atom stereocenters. The maximum absolute atomic E-state index is 11.1. The summed E-state index contributed by atoms with van der Waals surface area (Å²) in [4.78, 5) is 11.7. The van der Waals surface area contributed by atoms with Crippen LogP contribution in [0.25, 0.3) is 0 Å². The first-order valence-corrected chi connectivity index (χ1v) is 6.54. The third-order valence-electron chi connectivity index (χ3n) is 2.88. The van der Waals surface area contributed by atoms with E-state index in [-0.39, 0.29) is 4.87 Å². The van der Waals surface area contributed by atoms with E-state index in [0.29, 0.717) is 12.0 Å². The Balaban J connectivity index is 2.60. The van der Waals surface area contributed by atoms with E-state index in [9.17, 15) is 4.79 Å². The highest BCUT2D eigenvalue weighted by atomic mass is 35.5. The lowest BCUT2D eigenvalue weighted by atomic mass is 9.95. The highest BCUT2D eigenvalue weighted by molar-refractivity contribution is 7.99. The quantitative estimate of drug-likeness (QED) is 0.823. The monoisotopic (exact) mass is 256 g/mol. The fourth-order valence-electron chi connectivity index (χ4n) is 1.93. The lowest BCUT2D eigenvalue weighted by molar-refractivity contribution is 0.0695. The van der Waals surface area contributed by atoms with E-state index in [1.807, 2.05) is 19.9 Å². The van der Waals surface area contributed by atoms with Crippen molar-refractivity contribution in [3.8, 4) is 0 Å². The van der Waals surface area contributed by atoms with Crippen molar-refractivity contribution in [1.82, 2.24) is 0 Å². The van der Waals surface area contributed by atoms with Gasteiger partial charge in [-0.05, 0) is 30.5 Å². The summed E-state index contributed by atoms with van der Waals surface area (Å²) in [5.41, 5.74) is 2.34. The molecule has 0 saturated carbocycles. The first-order valence-electron chi connectivity index (χ1n) is 5.18. The maximum atomic E-state index is 11.1. The summed E-state index contributed by atoms with van der Waals surface area (Å²) in [6, 6.07) is 3.71. The van der Waals surface area contributed by atoms with Crippen LogP contribution in [0, 0.1) is 0 Å². The van der Waals surface area contributed by atoms with Crippen LogP contribution in [0.3, 0.4) is 0 Å². The van der Waals surface area contributed by atoms with Gasteiger partial charge in [-0.2, -0.15) is 0 Å². The summed E-state index contributed by atoms with van der Waals surface area (Å²) in [6.07, 6.45) is 0.715. The molecule has 4 heteroatoms. The van der Waals surface area contributed by atoms with Gasteiger partial charge in [0, 0.05) is 10.6 Å². The molecule has 1 aliphatic rings. The number of hydrogen-bond donors (Lipinski definition) is 1. The molecule has 0 amide bonds. The van der Waals surface area contributed by atoms with Gasteiger partial charge in [0.2, 0.25) is 0 Å². The highest BCUT2D eigenvalue weighted by Crippen LogP contribution is 2.47. The molecule has 1 N–H and O–H groups in total. The molecule has 2 nitrogen and oxygen atoms in total. The number of aryl methyl sites for hydroxylation is 1. The van der Waals surface area contributed by atoms with Crippen LogP contribution in [0.15, 0.2) is 17.0 Å². The Hall–Kier alpha value is -0.670. The molecule has 1 aliphatic heterocycles. The maximum Gasteiger partial charge on any atom is 0.336 e. The zero-order valence-electron chi connectivity index (χ0n) is 9.21. The Kier molecular flexibility index (Phi) is 2.93. The van der Waals surface area contributed by atoms with Gasteiger partial charge in [-0.1, -0.05) is 13.0 Å². The lowest BCUT2D eigenvalue weighted by Gasteiger charge is -2.16. The molecule has 1 aromatic carbocycles. The molecule has 0 aliphatic carbocycles. The summed E-state index contributed by atoms with van der Waals surface area (Å²) >= 11 is 8.02. The van der Waals surface area contributed by atoms with Crippen LogP contribution >= 0.6 is 23.4 Å². The standard InChI is InChI=1S/C12H13ClO2S/c1-3-7-4-9-10(5-8(7)11(14)15)16-6-12(9,2)13/h4-5H,3,6H2,1-2H3,(H,14,15). The molecule has 1 heterocycles. The largest absolute Gasteiger partial charge is 0.478 e. The van der Waals surface area contributed by atoms with E-state index in [0.717, 1.165) is 21.8 Å². The molecular weight excluding hydrogens is 244 g/mol. The molecule has 0 fully saturated rings. The average molecular weight is 257 g/mol. The van der Waals surface area contributed by atoms with Crippen molar-refractivity contribution in [2.75, 3.05) is 5.75 Å². The smallest absolute Gasteiger partial charge is 0.336 e. The number of benzene rings is 1. The molecule has 2 rings (SSSR count). The molecule has 1 unspecified atom stereocenters. The van der Waals surface area contributed by atoms with Crippen LogP contribution in [0.4, 0.5) is 0 Å². The molecule has 0 bridgehead atoms. The zero-order chi connectivity index (χ0) is 11.9. The van der Waals surface area contributed by atoms with E-state index in [1.165, 1.54) is 0 Å².